The summed E-state index contributed by atoms with van der Waals surface area (Å²) in [5.74, 6) is -0.666. The van der Waals surface area contributed by atoms with Crippen LogP contribution in [0.1, 0.15) is 58.8 Å². The van der Waals surface area contributed by atoms with Gasteiger partial charge in [-0.2, -0.15) is 0 Å². The number of unbranched alkanes of at least 4 members (excludes halogenated alkanes) is 5. The molecule has 0 aromatic heterocycles. The van der Waals surface area contributed by atoms with Gasteiger partial charge < -0.3 is 15.6 Å². The fourth-order valence-electron chi connectivity index (χ4n) is 1.06. The second-order valence-corrected chi connectivity index (χ2v) is 3.85. The third-order valence-corrected chi connectivity index (χ3v) is 2.12. The molecule has 3 N–H and O–H groups in total. The fourth-order valence-corrected chi connectivity index (χ4v) is 1.06. The van der Waals surface area contributed by atoms with Crippen molar-refractivity contribution in [2.75, 3.05) is 7.11 Å². The van der Waals surface area contributed by atoms with Crippen molar-refractivity contribution in [3.63, 3.8) is 0 Å². The Kier molecular flexibility index (Phi) is 16.0. The summed E-state index contributed by atoms with van der Waals surface area (Å²) in [6.45, 7) is 3.96. The number of carboxylic acids is 1. The van der Waals surface area contributed by atoms with Gasteiger partial charge in [-0.25, -0.2) is 0 Å². The number of carboxylic acid groups (broad SMARTS) is 1. The van der Waals surface area contributed by atoms with E-state index in [1.54, 1.807) is 14.0 Å². The van der Waals surface area contributed by atoms with Gasteiger partial charge in [0.25, 0.3) is 0 Å². The molecular formula is C12H27NO3. The highest BCUT2D eigenvalue weighted by molar-refractivity contribution is 5.66. The van der Waals surface area contributed by atoms with Crippen molar-refractivity contribution in [3.8, 4) is 0 Å². The van der Waals surface area contributed by atoms with Crippen LogP contribution in [-0.4, -0.2) is 24.4 Å². The van der Waals surface area contributed by atoms with Crippen molar-refractivity contribution in [1.82, 2.24) is 0 Å². The van der Waals surface area contributed by atoms with Gasteiger partial charge in [-0.1, -0.05) is 39.0 Å². The standard InChI is InChI=1S/C9H18O2.C3H9NO/c1-2-3-4-5-6-7-8-9(10)11;1-3(4)5-2/h2-8H2,1H3,(H,10,11);3H,4H2,1-2H3. The van der Waals surface area contributed by atoms with Crippen molar-refractivity contribution < 1.29 is 14.6 Å². The summed E-state index contributed by atoms with van der Waals surface area (Å²) in [5.41, 5.74) is 5.07. The summed E-state index contributed by atoms with van der Waals surface area (Å²) in [7, 11) is 1.57. The number of rotatable bonds is 8. The first-order chi connectivity index (χ1) is 7.54. The number of hydrogen-bond acceptors (Lipinski definition) is 3. The minimum absolute atomic E-state index is 0.116. The molecule has 0 spiro atoms. The SMILES string of the molecule is CCCCCCCCC(=O)O.COC(C)N. The zero-order chi connectivity index (χ0) is 12.8. The van der Waals surface area contributed by atoms with Crippen LogP contribution < -0.4 is 5.73 Å². The van der Waals surface area contributed by atoms with Crippen LogP contribution in [0, 0.1) is 0 Å². The van der Waals surface area contributed by atoms with E-state index in [1.807, 2.05) is 0 Å². The van der Waals surface area contributed by atoms with E-state index in [4.69, 9.17) is 10.8 Å². The molecule has 0 aromatic carbocycles. The van der Waals surface area contributed by atoms with Crippen LogP contribution in [0.15, 0.2) is 0 Å². The average molecular weight is 233 g/mol. The second-order valence-electron chi connectivity index (χ2n) is 3.85. The molecule has 0 saturated carbocycles. The van der Waals surface area contributed by atoms with Gasteiger partial charge >= 0.3 is 5.97 Å². The first kappa shape index (κ1) is 17.8. The Morgan fingerprint density at radius 3 is 2.06 bits per heavy atom. The van der Waals surface area contributed by atoms with Gasteiger partial charge in [-0.05, 0) is 13.3 Å². The van der Waals surface area contributed by atoms with E-state index >= 15 is 0 Å². The van der Waals surface area contributed by atoms with Crippen LogP contribution in [0.25, 0.3) is 0 Å². The van der Waals surface area contributed by atoms with Gasteiger partial charge in [0.05, 0.1) is 0 Å². The van der Waals surface area contributed by atoms with Gasteiger partial charge in [-0.3, -0.25) is 4.79 Å². The van der Waals surface area contributed by atoms with E-state index in [0.717, 1.165) is 12.8 Å². The van der Waals surface area contributed by atoms with Crippen LogP contribution in [0.4, 0.5) is 0 Å². The molecule has 16 heavy (non-hydrogen) atoms. The van der Waals surface area contributed by atoms with E-state index in [-0.39, 0.29) is 6.23 Å². The van der Waals surface area contributed by atoms with Crippen LogP contribution in [0.2, 0.25) is 0 Å². The van der Waals surface area contributed by atoms with E-state index in [1.165, 1.54) is 25.7 Å². The summed E-state index contributed by atoms with van der Waals surface area (Å²) < 4.78 is 4.53. The molecule has 0 radical (unpaired) electrons. The molecule has 4 nitrogen and oxygen atoms in total. The number of aliphatic carboxylic acids is 1. The highest BCUT2D eigenvalue weighted by atomic mass is 16.5. The molecule has 0 aliphatic rings. The normalized spacial score (nSPS) is 11.5. The first-order valence-corrected chi connectivity index (χ1v) is 6.04. The summed E-state index contributed by atoms with van der Waals surface area (Å²) in [5, 5.41) is 8.32. The monoisotopic (exact) mass is 233 g/mol. The van der Waals surface area contributed by atoms with Crippen LogP contribution >= 0.6 is 0 Å². The number of carbonyl (C=O) groups is 1. The highest BCUT2D eigenvalue weighted by Gasteiger charge is 1.95. The molecule has 4 heteroatoms. The van der Waals surface area contributed by atoms with Crippen molar-refractivity contribution in [2.24, 2.45) is 5.73 Å². The van der Waals surface area contributed by atoms with Crippen molar-refractivity contribution >= 4 is 5.97 Å². The Morgan fingerprint density at radius 1 is 1.25 bits per heavy atom. The second kappa shape index (κ2) is 14.4. The molecular weight excluding hydrogens is 206 g/mol. The lowest BCUT2D eigenvalue weighted by atomic mass is 10.1. The fraction of sp³-hybridized carbons (Fsp3) is 0.917. The first-order valence-electron chi connectivity index (χ1n) is 6.04. The molecule has 0 aliphatic carbocycles. The summed E-state index contributed by atoms with van der Waals surface area (Å²) in [4.78, 5) is 10.1. The minimum Gasteiger partial charge on any atom is -0.481 e. The smallest absolute Gasteiger partial charge is 0.303 e. The molecule has 0 saturated heterocycles. The molecule has 0 amide bonds. The molecule has 0 bridgehead atoms. The predicted octanol–water partition coefficient (Wildman–Crippen LogP) is 2.76. The van der Waals surface area contributed by atoms with Crippen molar-refractivity contribution in [3.05, 3.63) is 0 Å². The van der Waals surface area contributed by atoms with Gasteiger partial charge in [-0.15, -0.1) is 0 Å². The Morgan fingerprint density at radius 2 is 1.69 bits per heavy atom. The van der Waals surface area contributed by atoms with E-state index in [9.17, 15) is 4.79 Å². The summed E-state index contributed by atoms with van der Waals surface area (Å²) >= 11 is 0. The predicted molar refractivity (Wildman–Crippen MR) is 66.3 cm³/mol. The lowest BCUT2D eigenvalue weighted by Crippen LogP contribution is -2.15. The van der Waals surface area contributed by atoms with Crippen molar-refractivity contribution in [1.29, 1.82) is 0 Å². The van der Waals surface area contributed by atoms with E-state index in [2.05, 4.69) is 11.7 Å². The van der Waals surface area contributed by atoms with Gasteiger partial charge in [0.1, 0.15) is 6.23 Å². The van der Waals surface area contributed by atoms with Crippen LogP contribution in [0.3, 0.4) is 0 Å². The maximum Gasteiger partial charge on any atom is 0.303 e. The molecule has 0 fully saturated rings. The maximum absolute atomic E-state index is 10.1. The lowest BCUT2D eigenvalue weighted by molar-refractivity contribution is -0.137. The maximum atomic E-state index is 10.1. The number of ether oxygens (including phenoxy) is 1. The Hall–Kier alpha value is -0.610. The average Bonchev–Trinajstić information content (AvgIpc) is 2.23. The molecule has 0 aromatic rings. The number of hydrogen-bond donors (Lipinski definition) is 2. The quantitative estimate of drug-likeness (QED) is 0.499. The minimum atomic E-state index is -0.666. The van der Waals surface area contributed by atoms with Gasteiger partial charge in [0.2, 0.25) is 0 Å². The number of nitrogens with two attached hydrogens (primary N) is 1. The molecule has 0 rings (SSSR count). The molecule has 98 valence electrons. The van der Waals surface area contributed by atoms with Gasteiger partial charge in [0, 0.05) is 13.5 Å². The Labute approximate surface area is 99.2 Å². The van der Waals surface area contributed by atoms with Gasteiger partial charge in [0.15, 0.2) is 0 Å². The van der Waals surface area contributed by atoms with Crippen LogP contribution in [-0.2, 0) is 9.53 Å². The highest BCUT2D eigenvalue weighted by Crippen LogP contribution is 2.06. The van der Waals surface area contributed by atoms with Crippen LogP contribution in [0.5, 0.6) is 0 Å². The summed E-state index contributed by atoms with van der Waals surface area (Å²) in [6.07, 6.45) is 7.13. The lowest BCUT2D eigenvalue weighted by Gasteiger charge is -1.97. The molecule has 1 unspecified atom stereocenters. The number of methoxy groups -OCH3 is 1. The zero-order valence-electron chi connectivity index (χ0n) is 10.9. The molecule has 1 atom stereocenters. The van der Waals surface area contributed by atoms with Crippen molar-refractivity contribution in [2.45, 2.75) is 65.0 Å². The largest absolute Gasteiger partial charge is 0.481 e. The molecule has 0 heterocycles. The topological polar surface area (TPSA) is 72.5 Å². The van der Waals surface area contributed by atoms with E-state index in [0.29, 0.717) is 6.42 Å². The Balaban J connectivity index is 0. The third-order valence-electron chi connectivity index (χ3n) is 2.12. The molecule has 0 aliphatic heterocycles. The summed E-state index contributed by atoms with van der Waals surface area (Å²) in [6, 6.07) is 0. The zero-order valence-corrected chi connectivity index (χ0v) is 10.9. The Bertz CT molecular complexity index is 149. The third kappa shape index (κ3) is 23.3. The van der Waals surface area contributed by atoms with E-state index < -0.39 is 5.97 Å².